The Kier molecular flexibility index (Phi) is 9.09. The number of methoxy groups -OCH3 is 1. The second kappa shape index (κ2) is 12.1. The van der Waals surface area contributed by atoms with Gasteiger partial charge in [-0.05, 0) is 0 Å². The number of hydrogen-bond donors (Lipinski definition) is 0. The predicted molar refractivity (Wildman–Crippen MR) is 148 cm³/mol. The van der Waals surface area contributed by atoms with Gasteiger partial charge in [0.25, 0.3) is 0 Å². The average molecular weight is 617 g/mol. The fourth-order valence-corrected chi connectivity index (χ4v) is 14.2. The fraction of sp³-hybridized carbons (Fsp3) is 0.147. The van der Waals surface area contributed by atoms with Crippen molar-refractivity contribution in [3.05, 3.63) is 140 Å². The Bertz CT molecular complexity index is 1530. The van der Waals surface area contributed by atoms with Gasteiger partial charge in [-0.2, -0.15) is 0 Å². The third-order valence-electron chi connectivity index (χ3n) is 7.63. The molecule has 38 heavy (non-hydrogen) atoms. The summed E-state index contributed by atoms with van der Waals surface area (Å²) in [5, 5.41) is 0. The summed E-state index contributed by atoms with van der Waals surface area (Å²) in [5.74, 6) is 0.994. The molecule has 0 bridgehead atoms. The van der Waals surface area contributed by atoms with Crippen molar-refractivity contribution in [3.63, 3.8) is 0 Å². The van der Waals surface area contributed by atoms with Crippen molar-refractivity contribution in [3.8, 4) is 16.9 Å². The number of fused-ring (bicyclic) bond motifs is 3. The molecule has 6 rings (SSSR count). The first kappa shape index (κ1) is 28.5. The van der Waals surface area contributed by atoms with Crippen LogP contribution >= 0.6 is 0 Å². The van der Waals surface area contributed by atoms with Crippen molar-refractivity contribution < 1.29 is 50.8 Å². The van der Waals surface area contributed by atoms with E-state index in [1.165, 1.54) is 44.5 Å². The van der Waals surface area contributed by atoms with Crippen molar-refractivity contribution in [2.75, 3.05) is 7.11 Å². The van der Waals surface area contributed by atoms with Crippen LogP contribution in [-0.2, 0) is 27.7 Å². The summed E-state index contributed by atoms with van der Waals surface area (Å²) in [7, 11) is 1.80. The van der Waals surface area contributed by atoms with Crippen LogP contribution in [0.2, 0.25) is 0 Å². The zero-order valence-corrected chi connectivity index (χ0v) is 25.9. The Morgan fingerprint density at radius 2 is 1.32 bits per heavy atom. The second-order valence-electron chi connectivity index (χ2n) is 9.79. The molecule has 0 amide bonds. The maximum absolute atomic E-state index is 5.93. The molecule has 190 valence electrons. The topological polar surface area (TPSA) is 9.23 Å². The van der Waals surface area contributed by atoms with Gasteiger partial charge >= 0.3 is 223 Å². The average Bonchev–Trinajstić information content (AvgIpc) is 3.47. The molecule has 0 N–H and O–H groups in total. The van der Waals surface area contributed by atoms with Gasteiger partial charge in [0.1, 0.15) is 0 Å². The van der Waals surface area contributed by atoms with Crippen LogP contribution < -0.4 is 32.8 Å². The van der Waals surface area contributed by atoms with Crippen molar-refractivity contribution in [1.82, 2.24) is 0 Å². The zero-order chi connectivity index (χ0) is 24.6. The predicted octanol–water partition coefficient (Wildman–Crippen LogP) is 1.41. The van der Waals surface area contributed by atoms with Gasteiger partial charge in [-0.3, -0.25) is 0 Å². The van der Waals surface area contributed by atoms with Crippen LogP contribution in [0.4, 0.5) is 0 Å². The van der Waals surface area contributed by atoms with E-state index >= 15 is 0 Å². The number of allylic oxidation sites excluding steroid dienone is 4. The van der Waals surface area contributed by atoms with E-state index in [0.29, 0.717) is 0 Å². The number of halogens is 2. The molecule has 0 fully saturated rings. The zero-order valence-electron chi connectivity index (χ0n) is 21.9. The number of hydrogen-bond acceptors (Lipinski definition) is 1. The molecule has 0 aromatic heterocycles. The monoisotopic (exact) mass is 614 g/mol. The Balaban J connectivity index is 0.00000168. The van der Waals surface area contributed by atoms with Crippen LogP contribution in [0.1, 0.15) is 42.5 Å². The molecule has 1 nitrogen and oxygen atoms in total. The van der Waals surface area contributed by atoms with Gasteiger partial charge < -0.3 is 24.8 Å². The molecular weight excluding hydrogens is 587 g/mol. The maximum Gasteiger partial charge on any atom is -1.00 e. The molecule has 0 heterocycles. The van der Waals surface area contributed by atoms with E-state index in [1.54, 1.807) is 16.9 Å². The molecule has 0 aliphatic heterocycles. The first-order valence-corrected chi connectivity index (χ1v) is 16.4. The Labute approximate surface area is 246 Å². The van der Waals surface area contributed by atoms with E-state index < -0.39 is 21.3 Å². The Morgan fingerprint density at radius 3 is 1.89 bits per heavy atom. The van der Waals surface area contributed by atoms with Gasteiger partial charge in [0.05, 0.1) is 0 Å². The molecule has 4 aromatic carbocycles. The van der Waals surface area contributed by atoms with Gasteiger partial charge in [-0.25, -0.2) is 0 Å². The number of ether oxygens (including phenoxy) is 1. The molecule has 2 aliphatic carbocycles. The van der Waals surface area contributed by atoms with E-state index in [0.717, 1.165) is 18.6 Å². The molecular formula is C34H30Cl2OZr. The van der Waals surface area contributed by atoms with Crippen molar-refractivity contribution >= 4 is 6.48 Å². The first-order valence-electron chi connectivity index (χ1n) is 12.7. The minimum Gasteiger partial charge on any atom is -1.00 e. The summed E-state index contributed by atoms with van der Waals surface area (Å²) >= 11 is -2.64. The van der Waals surface area contributed by atoms with Crippen LogP contribution in [0, 0.1) is 0 Å². The van der Waals surface area contributed by atoms with Crippen LogP contribution in [0.5, 0.6) is 5.75 Å². The molecule has 4 aromatic rings. The first-order chi connectivity index (χ1) is 17.7. The number of benzene rings is 4. The standard InChI is InChI=1S/C14H11O.C13H10.C7H9.2ClH.Zr/c1-15-13-8-4-6-11-9-10-5-2-3-7-12(10)14(11)13;1-3-7-12(8-4-1)11-13-9-5-2-6-10-13;1-6-4-3-5-7(6)2;;;/h2-5,7-8H,9H2,1H3;1-10H;4H,5H2,1-2H3;2*1H;/q;;;;;+2/p-2. The van der Waals surface area contributed by atoms with Crippen LogP contribution in [0.15, 0.2) is 118 Å². The summed E-state index contributed by atoms with van der Waals surface area (Å²) in [6.07, 6.45) is 4.60. The summed E-state index contributed by atoms with van der Waals surface area (Å²) in [4.78, 5) is 0. The maximum atomic E-state index is 5.93. The van der Waals surface area contributed by atoms with Gasteiger partial charge in [-0.15, -0.1) is 0 Å². The van der Waals surface area contributed by atoms with Gasteiger partial charge in [0.15, 0.2) is 0 Å². The SMILES string of the molecule is COc1cc[c]([Zr+2]([C]2=CC(C)=C(C)C2)=[C](c2ccccc2)c2ccccc2)c2c1-c1ccccc1C2.[Cl-].[Cl-]. The number of rotatable bonds is 5. The third kappa shape index (κ3) is 5.07. The third-order valence-corrected chi connectivity index (χ3v) is 15.1. The van der Waals surface area contributed by atoms with E-state index in [4.69, 9.17) is 4.74 Å². The minimum absolute atomic E-state index is 0. The molecule has 4 heteroatoms. The summed E-state index contributed by atoms with van der Waals surface area (Å²) < 4.78 is 10.7. The molecule has 0 radical (unpaired) electrons. The molecule has 0 spiro atoms. The molecule has 0 saturated heterocycles. The summed E-state index contributed by atoms with van der Waals surface area (Å²) in [6, 6.07) is 35.7. The fourth-order valence-electron chi connectivity index (χ4n) is 5.77. The molecule has 2 aliphatic rings. The van der Waals surface area contributed by atoms with Crippen LogP contribution in [-0.4, -0.2) is 10.3 Å². The van der Waals surface area contributed by atoms with Crippen LogP contribution in [0.3, 0.4) is 0 Å². The van der Waals surface area contributed by atoms with E-state index in [-0.39, 0.29) is 24.8 Å². The van der Waals surface area contributed by atoms with E-state index in [2.05, 4.69) is 117 Å². The Hall–Kier alpha value is -2.51. The van der Waals surface area contributed by atoms with Gasteiger partial charge in [-0.1, -0.05) is 0 Å². The smallest absolute Gasteiger partial charge is 1.00 e. The van der Waals surface area contributed by atoms with Crippen molar-refractivity contribution in [2.24, 2.45) is 0 Å². The van der Waals surface area contributed by atoms with Crippen molar-refractivity contribution in [1.29, 1.82) is 0 Å². The minimum atomic E-state index is -2.64. The summed E-state index contributed by atoms with van der Waals surface area (Å²) in [5.41, 5.74) is 11.2. The van der Waals surface area contributed by atoms with Crippen LogP contribution in [0.25, 0.3) is 11.1 Å². The second-order valence-corrected chi connectivity index (χ2v) is 15.8. The van der Waals surface area contributed by atoms with E-state index in [1.807, 2.05) is 0 Å². The van der Waals surface area contributed by atoms with Gasteiger partial charge in [0, 0.05) is 0 Å². The normalized spacial score (nSPS) is 12.8. The molecule has 0 saturated carbocycles. The van der Waals surface area contributed by atoms with Gasteiger partial charge in [0.2, 0.25) is 0 Å². The molecule has 0 atom stereocenters. The van der Waals surface area contributed by atoms with Crippen molar-refractivity contribution in [2.45, 2.75) is 26.7 Å². The molecule has 0 unspecified atom stereocenters. The quantitative estimate of drug-likeness (QED) is 0.291. The Morgan fingerprint density at radius 1 is 0.711 bits per heavy atom. The summed E-state index contributed by atoms with van der Waals surface area (Å²) in [6.45, 7) is 4.58. The largest absolute Gasteiger partial charge is 1.00 e. The van der Waals surface area contributed by atoms with E-state index in [9.17, 15) is 0 Å².